The predicted molar refractivity (Wildman–Crippen MR) is 105 cm³/mol. The highest BCUT2D eigenvalue weighted by atomic mass is 16.5. The number of ether oxygens (including phenoxy) is 2. The maximum absolute atomic E-state index is 12.4. The molecule has 0 radical (unpaired) electrons. The molecule has 2 aromatic carbocycles. The number of amides is 3. The minimum absolute atomic E-state index is 0.134. The second-order valence-corrected chi connectivity index (χ2v) is 6.21. The summed E-state index contributed by atoms with van der Waals surface area (Å²) in [5.41, 5.74) is 1.80. The van der Waals surface area contributed by atoms with Crippen molar-refractivity contribution in [1.82, 2.24) is 0 Å². The van der Waals surface area contributed by atoms with E-state index in [-0.39, 0.29) is 24.8 Å². The molecule has 2 N–H and O–H groups in total. The average Bonchev–Trinajstić information content (AvgIpc) is 2.69. The molecule has 1 unspecified atom stereocenters. The van der Waals surface area contributed by atoms with E-state index < -0.39 is 12.2 Å². The highest BCUT2D eigenvalue weighted by Crippen LogP contribution is 2.33. The van der Waals surface area contributed by atoms with Crippen LogP contribution in [0.5, 0.6) is 5.75 Å². The first-order chi connectivity index (χ1) is 13.5. The van der Waals surface area contributed by atoms with Crippen molar-refractivity contribution in [2.75, 3.05) is 29.2 Å². The lowest BCUT2D eigenvalue weighted by molar-refractivity contribution is -0.125. The van der Waals surface area contributed by atoms with Gasteiger partial charge in [-0.3, -0.25) is 14.9 Å². The molecular formula is C20H21N3O5. The Labute approximate surface area is 162 Å². The molecule has 0 saturated carbocycles. The molecule has 1 atom stereocenters. The van der Waals surface area contributed by atoms with E-state index in [1.807, 2.05) is 12.1 Å². The SMILES string of the molecule is COC(=O)Nc1ccc(NC(=O)CCN2C(=O)C(C)Oc3ccccc32)cc1. The van der Waals surface area contributed by atoms with Crippen molar-refractivity contribution in [2.24, 2.45) is 0 Å². The normalized spacial score (nSPS) is 15.3. The quantitative estimate of drug-likeness (QED) is 0.827. The lowest BCUT2D eigenvalue weighted by atomic mass is 10.1. The number of benzene rings is 2. The van der Waals surface area contributed by atoms with Crippen LogP contribution in [0.2, 0.25) is 0 Å². The number of hydrogen-bond donors (Lipinski definition) is 2. The zero-order valence-electron chi connectivity index (χ0n) is 15.6. The predicted octanol–water partition coefficient (Wildman–Crippen LogP) is 3.01. The number of fused-ring (bicyclic) bond motifs is 1. The zero-order valence-corrected chi connectivity index (χ0v) is 15.6. The monoisotopic (exact) mass is 383 g/mol. The van der Waals surface area contributed by atoms with E-state index >= 15 is 0 Å². The van der Waals surface area contributed by atoms with Gasteiger partial charge in [-0.15, -0.1) is 0 Å². The van der Waals surface area contributed by atoms with Crippen LogP contribution in [0.1, 0.15) is 13.3 Å². The topological polar surface area (TPSA) is 97.0 Å². The molecule has 146 valence electrons. The lowest BCUT2D eigenvalue weighted by Gasteiger charge is -2.32. The van der Waals surface area contributed by atoms with Gasteiger partial charge < -0.3 is 19.7 Å². The molecule has 0 bridgehead atoms. The first-order valence-corrected chi connectivity index (χ1v) is 8.80. The van der Waals surface area contributed by atoms with Crippen molar-refractivity contribution < 1.29 is 23.9 Å². The molecular weight excluding hydrogens is 362 g/mol. The molecule has 1 aliphatic heterocycles. The molecule has 0 spiro atoms. The van der Waals surface area contributed by atoms with Gasteiger partial charge in [0, 0.05) is 24.3 Å². The third-order valence-corrected chi connectivity index (χ3v) is 4.24. The van der Waals surface area contributed by atoms with Crippen molar-refractivity contribution in [3.8, 4) is 5.75 Å². The number of nitrogens with one attached hydrogen (secondary N) is 2. The van der Waals surface area contributed by atoms with Gasteiger partial charge in [0.25, 0.3) is 5.91 Å². The fourth-order valence-electron chi connectivity index (χ4n) is 2.83. The zero-order chi connectivity index (χ0) is 20.1. The number of carbonyl (C=O) groups is 3. The van der Waals surface area contributed by atoms with Crippen LogP contribution in [-0.2, 0) is 14.3 Å². The van der Waals surface area contributed by atoms with Gasteiger partial charge >= 0.3 is 6.09 Å². The molecule has 0 aliphatic carbocycles. The highest BCUT2D eigenvalue weighted by Gasteiger charge is 2.31. The first kappa shape index (κ1) is 19.2. The summed E-state index contributed by atoms with van der Waals surface area (Å²) in [5.74, 6) is 0.228. The summed E-state index contributed by atoms with van der Waals surface area (Å²) in [4.78, 5) is 37.5. The molecule has 1 aliphatic rings. The van der Waals surface area contributed by atoms with Gasteiger partial charge in [-0.05, 0) is 43.3 Å². The van der Waals surface area contributed by atoms with Crippen LogP contribution in [0.4, 0.5) is 21.9 Å². The molecule has 2 aromatic rings. The maximum Gasteiger partial charge on any atom is 0.411 e. The minimum atomic E-state index is -0.590. The van der Waals surface area contributed by atoms with Crippen molar-refractivity contribution in [2.45, 2.75) is 19.4 Å². The number of rotatable bonds is 5. The van der Waals surface area contributed by atoms with E-state index in [0.717, 1.165) is 0 Å². The van der Waals surface area contributed by atoms with Crippen LogP contribution in [0, 0.1) is 0 Å². The second kappa shape index (κ2) is 8.43. The van der Waals surface area contributed by atoms with Gasteiger partial charge in [0.2, 0.25) is 5.91 Å². The maximum atomic E-state index is 12.4. The summed E-state index contributed by atoms with van der Waals surface area (Å²) in [6.45, 7) is 1.94. The Morgan fingerprint density at radius 3 is 2.39 bits per heavy atom. The standard InChI is InChI=1S/C20H21N3O5/c1-13-19(25)23(16-5-3-4-6-17(16)28-13)12-11-18(24)21-14-7-9-15(10-8-14)22-20(26)27-2/h3-10,13H,11-12H2,1-2H3,(H,21,24)(H,22,26). The Kier molecular flexibility index (Phi) is 5.78. The van der Waals surface area contributed by atoms with E-state index in [9.17, 15) is 14.4 Å². The molecule has 3 rings (SSSR count). The third-order valence-electron chi connectivity index (χ3n) is 4.24. The number of hydrogen-bond acceptors (Lipinski definition) is 5. The summed E-state index contributed by atoms with van der Waals surface area (Å²) in [6, 6.07) is 13.9. The van der Waals surface area contributed by atoms with Crippen molar-refractivity contribution in [1.29, 1.82) is 0 Å². The second-order valence-electron chi connectivity index (χ2n) is 6.21. The van der Waals surface area contributed by atoms with Gasteiger partial charge in [-0.25, -0.2) is 4.79 Å². The molecule has 1 heterocycles. The van der Waals surface area contributed by atoms with Gasteiger partial charge in [0.05, 0.1) is 12.8 Å². The van der Waals surface area contributed by atoms with Gasteiger partial charge in [0.15, 0.2) is 6.10 Å². The molecule has 0 fully saturated rings. The summed E-state index contributed by atoms with van der Waals surface area (Å²) in [6.07, 6.45) is -1.02. The Bertz CT molecular complexity index is 882. The van der Waals surface area contributed by atoms with E-state index in [1.54, 1.807) is 48.2 Å². The number of para-hydroxylation sites is 2. The Morgan fingerprint density at radius 2 is 1.71 bits per heavy atom. The molecule has 0 saturated heterocycles. The number of carbonyl (C=O) groups excluding carboxylic acids is 3. The summed E-state index contributed by atoms with van der Waals surface area (Å²) in [7, 11) is 1.28. The minimum Gasteiger partial charge on any atom is -0.479 e. The largest absolute Gasteiger partial charge is 0.479 e. The van der Waals surface area contributed by atoms with Crippen molar-refractivity contribution >= 4 is 35.0 Å². The van der Waals surface area contributed by atoms with E-state index in [4.69, 9.17) is 4.74 Å². The van der Waals surface area contributed by atoms with Crippen LogP contribution >= 0.6 is 0 Å². The van der Waals surface area contributed by atoms with Gasteiger partial charge in [-0.1, -0.05) is 12.1 Å². The Morgan fingerprint density at radius 1 is 1.07 bits per heavy atom. The number of methoxy groups -OCH3 is 1. The fraction of sp³-hybridized carbons (Fsp3) is 0.250. The first-order valence-electron chi connectivity index (χ1n) is 8.80. The van der Waals surface area contributed by atoms with Gasteiger partial charge in [0.1, 0.15) is 5.75 Å². The summed E-state index contributed by atoms with van der Waals surface area (Å²) < 4.78 is 10.1. The average molecular weight is 383 g/mol. The van der Waals surface area contributed by atoms with E-state index in [2.05, 4.69) is 15.4 Å². The van der Waals surface area contributed by atoms with Crippen LogP contribution < -0.4 is 20.3 Å². The number of nitrogens with zero attached hydrogens (tertiary/aromatic N) is 1. The lowest BCUT2D eigenvalue weighted by Crippen LogP contribution is -2.45. The van der Waals surface area contributed by atoms with Crippen LogP contribution in [0.25, 0.3) is 0 Å². The van der Waals surface area contributed by atoms with E-state index in [0.29, 0.717) is 22.8 Å². The molecule has 0 aromatic heterocycles. The van der Waals surface area contributed by atoms with Crippen LogP contribution in [-0.4, -0.2) is 37.7 Å². The van der Waals surface area contributed by atoms with Gasteiger partial charge in [-0.2, -0.15) is 0 Å². The summed E-state index contributed by atoms with van der Waals surface area (Å²) >= 11 is 0. The molecule has 28 heavy (non-hydrogen) atoms. The fourth-order valence-corrected chi connectivity index (χ4v) is 2.83. The smallest absolute Gasteiger partial charge is 0.411 e. The Balaban J connectivity index is 1.58. The summed E-state index contributed by atoms with van der Waals surface area (Å²) in [5, 5.41) is 5.30. The van der Waals surface area contributed by atoms with E-state index in [1.165, 1.54) is 7.11 Å². The van der Waals surface area contributed by atoms with Crippen molar-refractivity contribution in [3.63, 3.8) is 0 Å². The van der Waals surface area contributed by atoms with Crippen molar-refractivity contribution in [3.05, 3.63) is 48.5 Å². The van der Waals surface area contributed by atoms with Crippen LogP contribution in [0.3, 0.4) is 0 Å². The molecule has 8 nitrogen and oxygen atoms in total. The third kappa shape index (κ3) is 4.40. The highest BCUT2D eigenvalue weighted by molar-refractivity contribution is 6.00. The Hall–Kier alpha value is -3.55. The number of anilines is 3. The molecule has 8 heteroatoms. The van der Waals surface area contributed by atoms with Crippen LogP contribution in [0.15, 0.2) is 48.5 Å². The molecule has 3 amide bonds.